The fourth-order valence-electron chi connectivity index (χ4n) is 2.75. The molecule has 2 rings (SSSR count). The van der Waals surface area contributed by atoms with Gasteiger partial charge >= 0.3 is 5.97 Å². The second kappa shape index (κ2) is 7.61. The maximum absolute atomic E-state index is 12.8. The van der Waals surface area contributed by atoms with Crippen molar-refractivity contribution in [2.75, 3.05) is 26.2 Å². The van der Waals surface area contributed by atoms with Gasteiger partial charge in [0, 0.05) is 13.1 Å². The summed E-state index contributed by atoms with van der Waals surface area (Å²) < 4.78 is 27.1. The molecule has 1 aromatic carbocycles. The fourth-order valence-corrected chi connectivity index (χ4v) is 4.87. The first-order valence-electron chi connectivity index (χ1n) is 7.50. The predicted octanol–water partition coefficient (Wildman–Crippen LogP) is 1.72. The smallest absolute Gasteiger partial charge is 0.317 e. The van der Waals surface area contributed by atoms with Gasteiger partial charge in [0.15, 0.2) is 0 Å². The Morgan fingerprint density at radius 1 is 1.48 bits per heavy atom. The minimum Gasteiger partial charge on any atom is -0.480 e. The zero-order valence-corrected chi connectivity index (χ0v) is 14.5. The number of hydrogen-bond acceptors (Lipinski definition) is 4. The van der Waals surface area contributed by atoms with Gasteiger partial charge in [-0.3, -0.25) is 4.79 Å². The molecule has 23 heavy (non-hydrogen) atoms. The quantitative estimate of drug-likeness (QED) is 0.806. The average molecular weight is 361 g/mol. The molecule has 0 spiro atoms. The second-order valence-electron chi connectivity index (χ2n) is 5.78. The van der Waals surface area contributed by atoms with Gasteiger partial charge in [-0.15, -0.1) is 0 Å². The Kier molecular flexibility index (Phi) is 6.02. The number of nitrogens with zero attached hydrogens (tertiary/aromatic N) is 1. The Balaban J connectivity index is 2.10. The van der Waals surface area contributed by atoms with Crippen molar-refractivity contribution >= 4 is 27.6 Å². The molecule has 2 N–H and O–H groups in total. The number of carboxylic acid groups (broad SMARTS) is 1. The van der Waals surface area contributed by atoms with Crippen molar-refractivity contribution in [1.29, 1.82) is 0 Å². The number of carbonyl (C=O) groups is 1. The summed E-state index contributed by atoms with van der Waals surface area (Å²) in [6, 6.07) is 4.98. The molecule has 1 heterocycles. The highest BCUT2D eigenvalue weighted by Gasteiger charge is 2.31. The van der Waals surface area contributed by atoms with Gasteiger partial charge in [0.1, 0.15) is 4.90 Å². The number of aliphatic carboxylic acids is 1. The summed E-state index contributed by atoms with van der Waals surface area (Å²) in [6.07, 6.45) is 1.63. The first-order valence-corrected chi connectivity index (χ1v) is 9.32. The summed E-state index contributed by atoms with van der Waals surface area (Å²) in [6.45, 7) is 2.98. The number of piperidine rings is 1. The van der Waals surface area contributed by atoms with Crippen LogP contribution in [0, 0.1) is 12.8 Å². The van der Waals surface area contributed by atoms with Crippen molar-refractivity contribution in [2.45, 2.75) is 24.7 Å². The van der Waals surface area contributed by atoms with E-state index in [2.05, 4.69) is 5.32 Å². The lowest BCUT2D eigenvalue weighted by atomic mass is 10.00. The minimum absolute atomic E-state index is 0.0986. The third kappa shape index (κ3) is 4.44. The van der Waals surface area contributed by atoms with Gasteiger partial charge < -0.3 is 10.4 Å². The van der Waals surface area contributed by atoms with Crippen LogP contribution >= 0.6 is 11.6 Å². The first kappa shape index (κ1) is 18.2. The van der Waals surface area contributed by atoms with Crippen LogP contribution in [0.1, 0.15) is 18.4 Å². The van der Waals surface area contributed by atoms with Gasteiger partial charge in [-0.1, -0.05) is 23.7 Å². The van der Waals surface area contributed by atoms with Gasteiger partial charge in [-0.2, -0.15) is 4.31 Å². The van der Waals surface area contributed by atoms with E-state index in [1.807, 2.05) is 0 Å². The molecule has 1 atom stereocenters. The highest BCUT2D eigenvalue weighted by Crippen LogP contribution is 2.30. The topological polar surface area (TPSA) is 86.7 Å². The maximum atomic E-state index is 12.8. The van der Waals surface area contributed by atoms with Gasteiger partial charge in [0.2, 0.25) is 10.0 Å². The van der Waals surface area contributed by atoms with Crippen molar-refractivity contribution < 1.29 is 18.3 Å². The number of sulfonamides is 1. The average Bonchev–Trinajstić information content (AvgIpc) is 2.50. The van der Waals surface area contributed by atoms with E-state index in [0.29, 0.717) is 19.6 Å². The lowest BCUT2D eigenvalue weighted by Gasteiger charge is -2.32. The molecule has 6 nitrogen and oxygen atoms in total. The Labute approximate surface area is 141 Å². The zero-order valence-electron chi connectivity index (χ0n) is 13.0. The van der Waals surface area contributed by atoms with E-state index in [-0.39, 0.29) is 22.4 Å². The van der Waals surface area contributed by atoms with Crippen LogP contribution in [0.2, 0.25) is 5.02 Å². The number of halogens is 1. The van der Waals surface area contributed by atoms with E-state index in [0.717, 1.165) is 18.4 Å². The molecule has 0 radical (unpaired) electrons. The van der Waals surface area contributed by atoms with Gasteiger partial charge in [-0.05, 0) is 43.9 Å². The van der Waals surface area contributed by atoms with E-state index < -0.39 is 16.0 Å². The van der Waals surface area contributed by atoms with Crippen molar-refractivity contribution in [3.8, 4) is 0 Å². The molecule has 8 heteroatoms. The molecule has 1 saturated heterocycles. The highest BCUT2D eigenvalue weighted by atomic mass is 35.5. The summed E-state index contributed by atoms with van der Waals surface area (Å²) in [5.74, 6) is -0.821. The largest absolute Gasteiger partial charge is 0.480 e. The second-order valence-corrected chi connectivity index (χ2v) is 8.07. The van der Waals surface area contributed by atoms with Crippen LogP contribution in [-0.2, 0) is 14.8 Å². The Morgan fingerprint density at radius 3 is 2.91 bits per heavy atom. The molecule has 1 unspecified atom stereocenters. The summed E-state index contributed by atoms with van der Waals surface area (Å²) in [4.78, 5) is 10.7. The number of nitrogens with one attached hydrogen (secondary N) is 1. The summed E-state index contributed by atoms with van der Waals surface area (Å²) in [5.41, 5.74) is 0.726. The van der Waals surface area contributed by atoms with Crippen molar-refractivity contribution in [3.05, 3.63) is 28.8 Å². The number of benzene rings is 1. The van der Waals surface area contributed by atoms with Crippen LogP contribution in [0.15, 0.2) is 23.1 Å². The van der Waals surface area contributed by atoms with Gasteiger partial charge in [-0.25, -0.2) is 8.42 Å². The summed E-state index contributed by atoms with van der Waals surface area (Å²) >= 11 is 6.17. The van der Waals surface area contributed by atoms with E-state index in [9.17, 15) is 13.2 Å². The molecule has 1 aliphatic heterocycles. The summed E-state index contributed by atoms with van der Waals surface area (Å²) in [7, 11) is -3.63. The highest BCUT2D eigenvalue weighted by molar-refractivity contribution is 7.89. The standard InChI is InChI=1S/C15H21ClN2O4S/c1-11-4-2-6-13(15(11)16)23(21,22)18-7-3-5-12(10-18)8-17-9-14(19)20/h2,4,6,12,17H,3,5,7-10H2,1H3,(H,19,20). The predicted molar refractivity (Wildman–Crippen MR) is 88.2 cm³/mol. The molecular formula is C15H21ClN2O4S. The lowest BCUT2D eigenvalue weighted by molar-refractivity contribution is -0.136. The number of aryl methyl sites for hydroxylation is 1. The SMILES string of the molecule is Cc1cccc(S(=O)(=O)N2CCCC(CNCC(=O)O)C2)c1Cl. The maximum Gasteiger partial charge on any atom is 0.317 e. The first-order chi connectivity index (χ1) is 10.8. The molecule has 1 fully saturated rings. The van der Waals surface area contributed by atoms with Crippen LogP contribution in [0.4, 0.5) is 0 Å². The fraction of sp³-hybridized carbons (Fsp3) is 0.533. The van der Waals surface area contributed by atoms with E-state index >= 15 is 0 Å². The molecule has 0 bridgehead atoms. The molecule has 0 aromatic heterocycles. The lowest BCUT2D eigenvalue weighted by Crippen LogP contribution is -2.43. The van der Waals surface area contributed by atoms with Crippen LogP contribution < -0.4 is 5.32 Å². The third-order valence-electron chi connectivity index (χ3n) is 3.97. The molecule has 128 valence electrons. The molecule has 1 aromatic rings. The summed E-state index contributed by atoms with van der Waals surface area (Å²) in [5, 5.41) is 11.7. The molecule has 0 aliphatic carbocycles. The van der Waals surface area contributed by atoms with Gasteiger partial charge in [0.05, 0.1) is 11.6 Å². The molecule has 1 aliphatic rings. The molecule has 0 amide bonds. The normalized spacial score (nSPS) is 19.7. The van der Waals surface area contributed by atoms with Crippen molar-refractivity contribution in [1.82, 2.24) is 9.62 Å². The monoisotopic (exact) mass is 360 g/mol. The van der Waals surface area contributed by atoms with Crippen LogP contribution in [0.5, 0.6) is 0 Å². The van der Waals surface area contributed by atoms with Crippen LogP contribution in [0.25, 0.3) is 0 Å². The molecule has 0 saturated carbocycles. The minimum atomic E-state index is -3.63. The number of hydrogen-bond donors (Lipinski definition) is 2. The van der Waals surface area contributed by atoms with Crippen LogP contribution in [0.3, 0.4) is 0 Å². The zero-order chi connectivity index (χ0) is 17.0. The Bertz CT molecular complexity index is 678. The number of carboxylic acids is 1. The van der Waals surface area contributed by atoms with Gasteiger partial charge in [0.25, 0.3) is 0 Å². The van der Waals surface area contributed by atoms with Crippen molar-refractivity contribution in [2.24, 2.45) is 5.92 Å². The van der Waals surface area contributed by atoms with E-state index in [1.54, 1.807) is 19.1 Å². The molecular weight excluding hydrogens is 340 g/mol. The van der Waals surface area contributed by atoms with Crippen LogP contribution in [-0.4, -0.2) is 50.0 Å². The Morgan fingerprint density at radius 2 is 2.22 bits per heavy atom. The third-order valence-corrected chi connectivity index (χ3v) is 6.49. The van der Waals surface area contributed by atoms with Crippen molar-refractivity contribution in [3.63, 3.8) is 0 Å². The van der Waals surface area contributed by atoms with E-state index in [4.69, 9.17) is 16.7 Å². The Hall–Kier alpha value is -1.15. The van der Waals surface area contributed by atoms with E-state index in [1.165, 1.54) is 10.4 Å². The number of rotatable bonds is 6.